The number of ether oxygens (including phenoxy) is 1. The van der Waals surface area contributed by atoms with Crippen molar-refractivity contribution in [3.8, 4) is 17.0 Å². The van der Waals surface area contributed by atoms with Gasteiger partial charge in [0.25, 0.3) is 0 Å². The highest BCUT2D eigenvalue weighted by Gasteiger charge is 2.42. The van der Waals surface area contributed by atoms with Gasteiger partial charge in [-0.2, -0.15) is 0 Å². The van der Waals surface area contributed by atoms with Gasteiger partial charge in [-0.3, -0.25) is 4.90 Å². The number of aromatic nitrogens is 1. The van der Waals surface area contributed by atoms with E-state index in [-0.39, 0.29) is 11.9 Å². The lowest BCUT2D eigenvalue weighted by atomic mass is 9.73. The molecule has 1 unspecified atom stereocenters. The Morgan fingerprint density at radius 2 is 2.03 bits per heavy atom. The summed E-state index contributed by atoms with van der Waals surface area (Å²) in [7, 11) is 1.64. The highest BCUT2D eigenvalue weighted by atomic mass is 19.1. The van der Waals surface area contributed by atoms with Crippen LogP contribution >= 0.6 is 0 Å². The molecule has 0 amide bonds. The molecule has 2 aromatic carbocycles. The summed E-state index contributed by atoms with van der Waals surface area (Å²) in [5, 5.41) is 12.5. The SMILES string of the molecule is C=C[C@H]1CN2CC[C@H]1C[C@H]2[C@H](O)c1cc(-c2ccc(F)cc2)nc2ccc(OC)cc12. The van der Waals surface area contributed by atoms with Crippen LogP contribution in [0.4, 0.5) is 4.39 Å². The first-order valence-electron chi connectivity index (χ1n) is 10.9. The first kappa shape index (κ1) is 20.2. The van der Waals surface area contributed by atoms with Crippen LogP contribution < -0.4 is 4.74 Å². The fourth-order valence-electron chi connectivity index (χ4n) is 5.28. The molecule has 5 atom stereocenters. The van der Waals surface area contributed by atoms with E-state index in [1.54, 1.807) is 19.2 Å². The maximum Gasteiger partial charge on any atom is 0.123 e. The summed E-state index contributed by atoms with van der Waals surface area (Å²) in [6, 6.07) is 14.1. The molecule has 0 saturated carbocycles. The summed E-state index contributed by atoms with van der Waals surface area (Å²) in [5.41, 5.74) is 3.18. The molecular weight excluding hydrogens is 391 g/mol. The van der Waals surface area contributed by atoms with Crippen molar-refractivity contribution in [1.82, 2.24) is 9.88 Å². The van der Waals surface area contributed by atoms with Crippen LogP contribution in [0.2, 0.25) is 0 Å². The molecule has 0 aliphatic carbocycles. The number of hydrogen-bond donors (Lipinski definition) is 1. The topological polar surface area (TPSA) is 45.6 Å². The third-order valence-electron chi connectivity index (χ3n) is 7.02. The van der Waals surface area contributed by atoms with Gasteiger partial charge < -0.3 is 9.84 Å². The van der Waals surface area contributed by atoms with Crippen LogP contribution in [0.15, 0.2) is 61.2 Å². The Bertz CT molecular complexity index is 1110. The van der Waals surface area contributed by atoms with E-state index >= 15 is 0 Å². The lowest BCUT2D eigenvalue weighted by Gasteiger charge is -2.50. The van der Waals surface area contributed by atoms with Crippen LogP contribution in [0, 0.1) is 17.7 Å². The van der Waals surface area contributed by atoms with Gasteiger partial charge in [0.2, 0.25) is 0 Å². The van der Waals surface area contributed by atoms with Crippen LogP contribution in [-0.2, 0) is 0 Å². The molecule has 31 heavy (non-hydrogen) atoms. The smallest absolute Gasteiger partial charge is 0.123 e. The maximum atomic E-state index is 13.4. The molecule has 1 N–H and O–H groups in total. The summed E-state index contributed by atoms with van der Waals surface area (Å²) in [5.74, 6) is 1.52. The minimum Gasteiger partial charge on any atom is -0.497 e. The second kappa shape index (κ2) is 8.06. The lowest BCUT2D eigenvalue weighted by molar-refractivity contribution is -0.0444. The number of methoxy groups -OCH3 is 1. The summed E-state index contributed by atoms with van der Waals surface area (Å²) >= 11 is 0. The van der Waals surface area contributed by atoms with Gasteiger partial charge in [-0.1, -0.05) is 6.08 Å². The Morgan fingerprint density at radius 1 is 1.23 bits per heavy atom. The number of piperidine rings is 3. The quantitative estimate of drug-likeness (QED) is 0.594. The Morgan fingerprint density at radius 3 is 2.71 bits per heavy atom. The molecule has 5 heteroatoms. The monoisotopic (exact) mass is 418 g/mol. The first-order chi connectivity index (χ1) is 15.1. The number of rotatable bonds is 5. The average Bonchev–Trinajstić information content (AvgIpc) is 2.83. The van der Waals surface area contributed by atoms with E-state index in [0.717, 1.165) is 59.4 Å². The predicted octanol–water partition coefficient (Wildman–Crippen LogP) is 4.98. The molecule has 3 fully saturated rings. The van der Waals surface area contributed by atoms with Gasteiger partial charge in [0.15, 0.2) is 0 Å². The minimum absolute atomic E-state index is 0.0628. The number of hydrogen-bond acceptors (Lipinski definition) is 4. The summed E-state index contributed by atoms with van der Waals surface area (Å²) in [6.45, 7) is 5.96. The fourth-order valence-corrected chi connectivity index (χ4v) is 5.28. The molecule has 3 aromatic rings. The molecule has 2 bridgehead atoms. The molecule has 1 aromatic heterocycles. The van der Waals surface area contributed by atoms with Crippen LogP contribution in [0.5, 0.6) is 5.75 Å². The average molecular weight is 419 g/mol. The van der Waals surface area contributed by atoms with Gasteiger partial charge in [-0.15, -0.1) is 6.58 Å². The molecule has 0 spiro atoms. The zero-order valence-corrected chi connectivity index (χ0v) is 17.7. The first-order valence-corrected chi connectivity index (χ1v) is 10.9. The lowest BCUT2D eigenvalue weighted by Crippen LogP contribution is -2.54. The van der Waals surface area contributed by atoms with Crippen LogP contribution in [-0.4, -0.2) is 41.2 Å². The highest BCUT2D eigenvalue weighted by Crippen LogP contribution is 2.43. The normalized spacial score (nSPS) is 26.0. The van der Waals surface area contributed by atoms with Crippen molar-refractivity contribution in [3.63, 3.8) is 0 Å². The van der Waals surface area contributed by atoms with Gasteiger partial charge in [0, 0.05) is 23.5 Å². The van der Waals surface area contributed by atoms with Crippen LogP contribution in [0.3, 0.4) is 0 Å². The van der Waals surface area contributed by atoms with Gasteiger partial charge in [-0.05, 0) is 85.3 Å². The van der Waals surface area contributed by atoms with E-state index in [2.05, 4.69) is 17.6 Å². The maximum absolute atomic E-state index is 13.4. The Hall–Kier alpha value is -2.76. The van der Waals surface area contributed by atoms with Gasteiger partial charge in [0.05, 0.1) is 24.4 Å². The molecule has 4 nitrogen and oxygen atoms in total. The Labute approximate surface area is 182 Å². The van der Waals surface area contributed by atoms with E-state index in [9.17, 15) is 9.50 Å². The number of aliphatic hydroxyl groups excluding tert-OH is 1. The molecule has 3 aliphatic heterocycles. The minimum atomic E-state index is -0.648. The molecule has 160 valence electrons. The van der Waals surface area contributed by atoms with Crippen molar-refractivity contribution in [2.45, 2.75) is 25.0 Å². The van der Waals surface area contributed by atoms with Gasteiger partial charge in [0.1, 0.15) is 11.6 Å². The number of pyridine rings is 1. The van der Waals surface area contributed by atoms with E-state index < -0.39 is 6.10 Å². The Balaban J connectivity index is 1.60. The second-order valence-electron chi connectivity index (χ2n) is 8.68. The summed E-state index contributed by atoms with van der Waals surface area (Å²) < 4.78 is 18.9. The zero-order chi connectivity index (χ0) is 21.5. The highest BCUT2D eigenvalue weighted by molar-refractivity contribution is 5.87. The van der Waals surface area contributed by atoms with Crippen molar-refractivity contribution in [3.05, 3.63) is 72.6 Å². The van der Waals surface area contributed by atoms with Crippen LogP contribution in [0.1, 0.15) is 24.5 Å². The molecule has 0 radical (unpaired) electrons. The number of aliphatic hydroxyl groups is 1. The standard InChI is InChI=1S/C26H27FN2O2/c1-3-16-15-29-11-10-18(16)12-25(29)26(30)22-14-24(17-4-6-19(27)7-5-17)28-23-9-8-20(31-2)13-21(22)23/h3-9,13-14,16,18,25-26,30H,1,10-12,15H2,2H3/t16-,18-,25-,26+/m0/s1. The van der Waals surface area contributed by atoms with Crippen LogP contribution in [0.25, 0.3) is 22.2 Å². The van der Waals surface area contributed by atoms with E-state index in [1.165, 1.54) is 12.1 Å². The van der Waals surface area contributed by atoms with Crippen molar-refractivity contribution in [1.29, 1.82) is 0 Å². The molecule has 3 saturated heterocycles. The van der Waals surface area contributed by atoms with Crippen molar-refractivity contribution in [2.75, 3.05) is 20.2 Å². The number of fused-ring (bicyclic) bond motifs is 4. The third-order valence-corrected chi connectivity index (χ3v) is 7.02. The van der Waals surface area contributed by atoms with Crippen molar-refractivity contribution < 1.29 is 14.2 Å². The molecular formula is C26H27FN2O2. The van der Waals surface area contributed by atoms with Gasteiger partial charge >= 0.3 is 0 Å². The Kier molecular flexibility index (Phi) is 5.24. The predicted molar refractivity (Wildman–Crippen MR) is 120 cm³/mol. The number of benzene rings is 2. The third kappa shape index (κ3) is 3.62. The van der Waals surface area contributed by atoms with Crippen molar-refractivity contribution >= 4 is 10.9 Å². The molecule has 4 heterocycles. The van der Waals surface area contributed by atoms with Gasteiger partial charge in [-0.25, -0.2) is 9.37 Å². The summed E-state index contributed by atoms with van der Waals surface area (Å²) in [4.78, 5) is 7.20. The molecule has 3 aliphatic rings. The van der Waals surface area contributed by atoms with E-state index in [4.69, 9.17) is 9.72 Å². The van der Waals surface area contributed by atoms with E-state index in [0.29, 0.717) is 11.8 Å². The largest absolute Gasteiger partial charge is 0.497 e. The second-order valence-corrected chi connectivity index (χ2v) is 8.68. The zero-order valence-electron chi connectivity index (χ0n) is 17.7. The van der Waals surface area contributed by atoms with E-state index in [1.807, 2.05) is 24.3 Å². The molecule has 6 rings (SSSR count). The number of halogens is 1. The summed E-state index contributed by atoms with van der Waals surface area (Å²) in [6.07, 6.45) is 3.53. The number of nitrogens with zero attached hydrogens (tertiary/aromatic N) is 2. The van der Waals surface area contributed by atoms with Crippen molar-refractivity contribution in [2.24, 2.45) is 11.8 Å². The fraction of sp³-hybridized carbons (Fsp3) is 0.346.